The van der Waals surface area contributed by atoms with Gasteiger partial charge in [0.25, 0.3) is 0 Å². The van der Waals surface area contributed by atoms with Crippen LogP contribution in [0.15, 0.2) is 0 Å². The Kier molecular flexibility index (Phi) is 3.19. The van der Waals surface area contributed by atoms with Crippen LogP contribution < -0.4 is 0 Å². The van der Waals surface area contributed by atoms with Crippen LogP contribution in [0.5, 0.6) is 0 Å². The summed E-state index contributed by atoms with van der Waals surface area (Å²) >= 11 is 4.80. The molecule has 0 heterocycles. The van der Waals surface area contributed by atoms with E-state index in [1.165, 1.54) is 0 Å². The Bertz CT molecular complexity index is 110. The van der Waals surface area contributed by atoms with E-state index >= 15 is 0 Å². The maximum atomic E-state index is 10.1. The number of ether oxygens (including phenoxy) is 1. The van der Waals surface area contributed by atoms with Gasteiger partial charge < -0.3 is 4.74 Å². The van der Waals surface area contributed by atoms with Gasteiger partial charge in [-0.2, -0.15) is 0 Å². The van der Waals surface area contributed by atoms with Crippen LogP contribution in [0.4, 0.5) is 0 Å². The third-order valence-electron chi connectivity index (χ3n) is 0.444. The summed E-state index contributed by atoms with van der Waals surface area (Å²) in [4.78, 5) is 18.3. The predicted octanol–water partition coefficient (Wildman–Crippen LogP) is 0.291. The van der Waals surface area contributed by atoms with Crippen molar-refractivity contribution in [3.8, 4) is 0 Å². The van der Waals surface area contributed by atoms with Crippen LogP contribution in [-0.4, -0.2) is 22.6 Å². The summed E-state index contributed by atoms with van der Waals surface area (Å²) in [6, 6.07) is 0. The van der Waals surface area contributed by atoms with Crippen molar-refractivity contribution in [2.45, 2.75) is 6.92 Å². The van der Waals surface area contributed by atoms with Gasteiger partial charge in [0.1, 0.15) is 0 Å². The molecule has 0 rings (SSSR count). The molecular formula is C4H6ClO3+. The van der Waals surface area contributed by atoms with Crippen molar-refractivity contribution in [3.05, 3.63) is 0 Å². The fourth-order valence-corrected chi connectivity index (χ4v) is 0.245. The highest BCUT2D eigenvalue weighted by atomic mass is 35.5. The number of hydrogen-bond acceptors (Lipinski definition) is 2. The number of esters is 1. The quantitative estimate of drug-likeness (QED) is 0.238. The third-order valence-corrected chi connectivity index (χ3v) is 0.598. The molecule has 0 spiro atoms. The number of halogens is 1. The fourth-order valence-electron chi connectivity index (χ4n) is 0.191. The molecule has 46 valence electrons. The van der Waals surface area contributed by atoms with E-state index in [9.17, 15) is 4.79 Å². The smallest absolute Gasteiger partial charge is 0.455 e. The lowest BCUT2D eigenvalue weighted by Gasteiger charge is -1.88. The normalized spacial score (nSPS) is 8.25. The second kappa shape index (κ2) is 3.43. The van der Waals surface area contributed by atoms with Crippen LogP contribution in [0.1, 0.15) is 6.92 Å². The Morgan fingerprint density at radius 3 is 2.50 bits per heavy atom. The Hall–Kier alpha value is -0.570. The zero-order valence-corrected chi connectivity index (χ0v) is 5.10. The first-order valence-electron chi connectivity index (χ1n) is 2.07. The van der Waals surface area contributed by atoms with Crippen molar-refractivity contribution in [1.82, 2.24) is 0 Å². The number of carbonyl (C=O) groups is 1. The molecule has 0 aromatic rings. The van der Waals surface area contributed by atoms with Gasteiger partial charge in [0.2, 0.25) is 0 Å². The standard InChI is InChI=1S/C4H5ClO3/c1-2-8-4(7)3(5)6/h2H2,1H3/p+1. The molecule has 4 heteroatoms. The van der Waals surface area contributed by atoms with Gasteiger partial charge in [0.15, 0.2) is 0 Å². The average molecular weight is 138 g/mol. The van der Waals surface area contributed by atoms with Gasteiger partial charge >= 0.3 is 11.2 Å². The molecule has 0 aliphatic carbocycles. The summed E-state index contributed by atoms with van der Waals surface area (Å²) in [6.07, 6.45) is 0. The van der Waals surface area contributed by atoms with E-state index in [4.69, 9.17) is 16.4 Å². The summed E-state index contributed by atoms with van der Waals surface area (Å²) in [6.45, 7) is 1.84. The molecule has 0 fully saturated rings. The average Bonchev–Trinajstić information content (AvgIpc) is 1.67. The summed E-state index contributed by atoms with van der Waals surface area (Å²) in [5.74, 6) is -0.880. The second-order valence-electron chi connectivity index (χ2n) is 1.01. The Morgan fingerprint density at radius 1 is 1.88 bits per heavy atom. The molecule has 0 bridgehead atoms. The SMILES string of the molecule is CCOC(=O)C(=[OH+])Cl. The molecule has 0 aliphatic heterocycles. The van der Waals surface area contributed by atoms with Crippen LogP contribution in [-0.2, 0) is 9.53 Å². The second-order valence-corrected chi connectivity index (χ2v) is 1.37. The zero-order chi connectivity index (χ0) is 6.57. The molecule has 0 amide bonds. The molecular weight excluding hydrogens is 131 g/mol. The van der Waals surface area contributed by atoms with Crippen molar-refractivity contribution >= 4 is 22.8 Å². The summed E-state index contributed by atoms with van der Waals surface area (Å²) < 4.78 is 4.25. The van der Waals surface area contributed by atoms with Gasteiger partial charge in [0, 0.05) is 11.6 Å². The topological polar surface area (TPSA) is 47.7 Å². The van der Waals surface area contributed by atoms with Gasteiger partial charge in [0.05, 0.1) is 6.61 Å². The third kappa shape index (κ3) is 2.58. The monoisotopic (exact) mass is 137 g/mol. The first kappa shape index (κ1) is 7.43. The predicted molar refractivity (Wildman–Crippen MR) is 29.4 cm³/mol. The van der Waals surface area contributed by atoms with E-state index in [1.807, 2.05) is 0 Å². The fraction of sp³-hybridized carbons (Fsp3) is 0.500. The van der Waals surface area contributed by atoms with E-state index in [1.54, 1.807) is 6.92 Å². The molecule has 0 aliphatic rings. The van der Waals surface area contributed by atoms with Crippen molar-refractivity contribution in [2.24, 2.45) is 0 Å². The molecule has 0 aromatic carbocycles. The van der Waals surface area contributed by atoms with Crippen LogP contribution in [0.25, 0.3) is 0 Å². The zero-order valence-electron chi connectivity index (χ0n) is 4.35. The molecule has 0 radical (unpaired) electrons. The molecule has 0 unspecified atom stereocenters. The Labute approximate surface area is 51.6 Å². The van der Waals surface area contributed by atoms with Gasteiger partial charge in [-0.25, -0.2) is 4.79 Å². The molecule has 0 aromatic heterocycles. The van der Waals surface area contributed by atoms with Crippen LogP contribution in [0.2, 0.25) is 0 Å². The van der Waals surface area contributed by atoms with Crippen molar-refractivity contribution < 1.29 is 14.3 Å². The molecule has 8 heavy (non-hydrogen) atoms. The molecule has 1 N–H and O–H groups in total. The maximum absolute atomic E-state index is 10.1. The van der Waals surface area contributed by atoms with E-state index in [0.717, 1.165) is 0 Å². The van der Waals surface area contributed by atoms with E-state index < -0.39 is 11.2 Å². The number of hydrogen-bond donors (Lipinski definition) is 0. The molecule has 0 saturated heterocycles. The minimum Gasteiger partial charge on any atom is -0.455 e. The lowest BCUT2D eigenvalue weighted by Crippen LogP contribution is -2.11. The summed E-state index contributed by atoms with van der Waals surface area (Å²) in [7, 11) is 0. The molecule has 0 atom stereocenters. The van der Waals surface area contributed by atoms with Gasteiger partial charge in [-0.3, -0.25) is 4.79 Å². The lowest BCUT2D eigenvalue weighted by atomic mass is 10.7. The van der Waals surface area contributed by atoms with Crippen molar-refractivity contribution in [3.63, 3.8) is 0 Å². The first-order chi connectivity index (χ1) is 3.68. The minimum absolute atomic E-state index is 0.218. The summed E-state index contributed by atoms with van der Waals surface area (Å²) in [5, 5.41) is -0.827. The minimum atomic E-state index is -0.880. The van der Waals surface area contributed by atoms with Gasteiger partial charge in [-0.05, 0) is 6.92 Å². The maximum Gasteiger partial charge on any atom is 0.496 e. The van der Waals surface area contributed by atoms with Crippen LogP contribution >= 0.6 is 11.6 Å². The largest absolute Gasteiger partial charge is 0.496 e. The highest BCUT2D eigenvalue weighted by molar-refractivity contribution is 6.80. The highest BCUT2D eigenvalue weighted by Crippen LogP contribution is 1.83. The lowest BCUT2D eigenvalue weighted by molar-refractivity contribution is -0.135. The van der Waals surface area contributed by atoms with Crippen LogP contribution in [0.3, 0.4) is 0 Å². The summed E-state index contributed by atoms with van der Waals surface area (Å²) in [5.41, 5.74) is 0. The van der Waals surface area contributed by atoms with Crippen LogP contribution in [0, 0.1) is 0 Å². The van der Waals surface area contributed by atoms with E-state index in [2.05, 4.69) is 4.74 Å². The molecule has 3 nitrogen and oxygen atoms in total. The van der Waals surface area contributed by atoms with Gasteiger partial charge in [-0.1, -0.05) is 0 Å². The molecule has 0 saturated carbocycles. The highest BCUT2D eigenvalue weighted by Gasteiger charge is 2.17. The van der Waals surface area contributed by atoms with Crippen molar-refractivity contribution in [2.75, 3.05) is 6.61 Å². The van der Waals surface area contributed by atoms with Gasteiger partial charge in [-0.15, -0.1) is 0 Å². The van der Waals surface area contributed by atoms with E-state index in [-0.39, 0.29) is 6.61 Å². The number of rotatable bonds is 2. The number of carbonyl (C=O) groups excluding carboxylic acids is 2. The Morgan fingerprint density at radius 2 is 2.38 bits per heavy atom. The Balaban J connectivity index is 3.49. The van der Waals surface area contributed by atoms with E-state index in [0.29, 0.717) is 0 Å². The first-order valence-corrected chi connectivity index (χ1v) is 2.44. The van der Waals surface area contributed by atoms with Crippen molar-refractivity contribution in [1.29, 1.82) is 0 Å².